The first-order chi connectivity index (χ1) is 16.7. The summed E-state index contributed by atoms with van der Waals surface area (Å²) in [4.78, 5) is 23.8. The number of ether oxygens (including phenoxy) is 3. The van der Waals surface area contributed by atoms with Crippen molar-refractivity contribution >= 4 is 12.1 Å². The second kappa shape index (κ2) is 14.7. The van der Waals surface area contributed by atoms with Crippen LogP contribution in [-0.2, 0) is 29.2 Å². The van der Waals surface area contributed by atoms with Gasteiger partial charge < -0.3 is 29.4 Å². The van der Waals surface area contributed by atoms with E-state index in [0.29, 0.717) is 30.3 Å². The molecule has 0 spiro atoms. The third-order valence-corrected chi connectivity index (χ3v) is 4.90. The van der Waals surface area contributed by atoms with Crippen LogP contribution in [0.2, 0.25) is 0 Å². The molecular weight excluding hydrogens is 579 g/mol. The van der Waals surface area contributed by atoms with E-state index < -0.39 is 23.7 Å². The number of aliphatic carboxylic acids is 1. The summed E-state index contributed by atoms with van der Waals surface area (Å²) in [5.74, 6) is -0.415. The number of benzene rings is 3. The van der Waals surface area contributed by atoms with Crippen LogP contribution in [0.3, 0.4) is 0 Å². The summed E-state index contributed by atoms with van der Waals surface area (Å²) in [6.07, 6.45) is -0.836. The fourth-order valence-corrected chi connectivity index (χ4v) is 3.26. The van der Waals surface area contributed by atoms with Crippen LogP contribution in [0.25, 0.3) is 0 Å². The van der Waals surface area contributed by atoms with Crippen molar-refractivity contribution in [2.45, 2.75) is 52.0 Å². The minimum Gasteiger partial charge on any atom is -0.548 e. The molecule has 0 unspecified atom stereocenters. The molecule has 0 saturated heterocycles. The van der Waals surface area contributed by atoms with Crippen LogP contribution in [0.1, 0.15) is 37.5 Å². The molecule has 3 rings (SSSR count). The Morgan fingerprint density at radius 1 is 0.806 bits per heavy atom. The van der Waals surface area contributed by atoms with Gasteiger partial charge in [-0.3, -0.25) is 0 Å². The first kappa shape index (κ1) is 30.3. The molecule has 184 valence electrons. The van der Waals surface area contributed by atoms with Gasteiger partial charge in [0, 0.05) is 0 Å². The topological polar surface area (TPSA) is 96.9 Å². The standard InChI is InChI=1S/C28H31NO6.Cs/c1-28(2,3)35-27(32)29-23(26(30)31)16-22-14-15-24(33-18-20-10-6-4-7-11-20)25(17-22)34-19-21-12-8-5-9-13-21;/h4-15,17,23H,16,18-19H2,1-3H3,(H,29,32)(H,30,31);/q;+1/p-1/t23-;/m0./s1. The van der Waals surface area contributed by atoms with Crippen LogP contribution in [0, 0.1) is 0 Å². The van der Waals surface area contributed by atoms with Crippen molar-refractivity contribution in [2.75, 3.05) is 0 Å². The first-order valence-corrected chi connectivity index (χ1v) is 11.4. The SMILES string of the molecule is CC(C)(C)OC(=O)N[C@@H](Cc1ccc(OCc2ccccc2)c(OCc2ccccc2)c1)C(=O)[O-].[Cs+]. The van der Waals surface area contributed by atoms with Crippen LogP contribution in [0.4, 0.5) is 4.79 Å². The summed E-state index contributed by atoms with van der Waals surface area (Å²) < 4.78 is 17.2. The molecule has 8 heteroatoms. The van der Waals surface area contributed by atoms with E-state index in [-0.39, 0.29) is 75.3 Å². The van der Waals surface area contributed by atoms with Crippen LogP contribution >= 0.6 is 0 Å². The van der Waals surface area contributed by atoms with Gasteiger partial charge in [-0.1, -0.05) is 66.7 Å². The number of hydrogen-bond acceptors (Lipinski definition) is 6. The normalized spacial score (nSPS) is 11.5. The molecule has 0 heterocycles. The average Bonchev–Trinajstić information content (AvgIpc) is 2.81. The van der Waals surface area contributed by atoms with E-state index in [1.165, 1.54) is 0 Å². The molecule has 0 fully saturated rings. The number of alkyl carbamates (subject to hydrolysis) is 1. The minimum atomic E-state index is -1.41. The maximum Gasteiger partial charge on any atom is 1.00 e. The molecule has 3 aromatic carbocycles. The molecule has 0 aliphatic carbocycles. The zero-order chi connectivity index (χ0) is 25.3. The Morgan fingerprint density at radius 2 is 1.33 bits per heavy atom. The van der Waals surface area contributed by atoms with E-state index >= 15 is 0 Å². The number of carboxylic acid groups (broad SMARTS) is 1. The minimum absolute atomic E-state index is 0. The number of carboxylic acids is 1. The third-order valence-electron chi connectivity index (χ3n) is 4.90. The summed E-state index contributed by atoms with van der Waals surface area (Å²) in [5.41, 5.74) is 1.86. The van der Waals surface area contributed by atoms with Gasteiger partial charge in [0.15, 0.2) is 11.5 Å². The van der Waals surface area contributed by atoms with E-state index in [1.807, 2.05) is 60.7 Å². The summed E-state index contributed by atoms with van der Waals surface area (Å²) in [5, 5.41) is 14.1. The van der Waals surface area contributed by atoms with Crippen molar-refractivity contribution in [3.63, 3.8) is 0 Å². The fourth-order valence-electron chi connectivity index (χ4n) is 3.26. The van der Waals surface area contributed by atoms with Gasteiger partial charge in [-0.2, -0.15) is 0 Å². The Bertz CT molecular complexity index is 1120. The summed E-state index contributed by atoms with van der Waals surface area (Å²) in [7, 11) is 0. The van der Waals surface area contributed by atoms with Crippen molar-refractivity contribution in [1.82, 2.24) is 5.32 Å². The van der Waals surface area contributed by atoms with Gasteiger partial charge in [0.2, 0.25) is 0 Å². The molecular formula is C28H30CsNO6. The van der Waals surface area contributed by atoms with Crippen LogP contribution in [-0.4, -0.2) is 23.7 Å². The van der Waals surface area contributed by atoms with Gasteiger partial charge in [-0.15, -0.1) is 0 Å². The largest absolute Gasteiger partial charge is 1.00 e. The molecule has 0 bridgehead atoms. The van der Waals surface area contributed by atoms with E-state index in [1.54, 1.807) is 39.0 Å². The van der Waals surface area contributed by atoms with E-state index in [0.717, 1.165) is 11.1 Å². The number of carbonyl (C=O) groups is 2. The number of rotatable bonds is 10. The van der Waals surface area contributed by atoms with Gasteiger partial charge in [0.1, 0.15) is 18.8 Å². The zero-order valence-electron chi connectivity index (χ0n) is 21.2. The molecule has 1 atom stereocenters. The van der Waals surface area contributed by atoms with Crippen LogP contribution in [0.15, 0.2) is 78.9 Å². The van der Waals surface area contributed by atoms with Gasteiger partial charge in [-0.25, -0.2) is 4.79 Å². The predicted octanol–water partition coefficient (Wildman–Crippen LogP) is 1.03. The van der Waals surface area contributed by atoms with Gasteiger partial charge >= 0.3 is 75.0 Å². The second-order valence-corrected chi connectivity index (χ2v) is 9.05. The molecule has 1 N–H and O–H groups in total. The maximum atomic E-state index is 12.1. The van der Waals surface area contributed by atoms with Crippen molar-refractivity contribution < 1.29 is 97.8 Å². The Kier molecular flexibility index (Phi) is 12.4. The van der Waals surface area contributed by atoms with E-state index in [2.05, 4.69) is 5.32 Å². The Hall–Kier alpha value is -1.95. The van der Waals surface area contributed by atoms with Crippen molar-refractivity contribution in [2.24, 2.45) is 0 Å². The molecule has 0 aliphatic heterocycles. The number of carbonyl (C=O) groups excluding carboxylic acids is 2. The number of nitrogens with one attached hydrogen (secondary N) is 1. The van der Waals surface area contributed by atoms with Crippen molar-refractivity contribution in [3.8, 4) is 11.5 Å². The Balaban J connectivity index is 0.00000456. The maximum absolute atomic E-state index is 12.1. The Labute approximate surface area is 271 Å². The molecule has 0 saturated carbocycles. The molecule has 0 aromatic heterocycles. The molecule has 36 heavy (non-hydrogen) atoms. The molecule has 1 amide bonds. The first-order valence-electron chi connectivity index (χ1n) is 11.4. The number of hydrogen-bond donors (Lipinski definition) is 1. The summed E-state index contributed by atoms with van der Waals surface area (Å²) in [6.45, 7) is 5.76. The van der Waals surface area contributed by atoms with Gasteiger partial charge in [0.25, 0.3) is 0 Å². The molecule has 3 aromatic rings. The quantitative estimate of drug-likeness (QED) is 0.369. The second-order valence-electron chi connectivity index (χ2n) is 9.05. The zero-order valence-corrected chi connectivity index (χ0v) is 27.4. The summed E-state index contributed by atoms with van der Waals surface area (Å²) >= 11 is 0. The molecule has 0 radical (unpaired) electrons. The predicted molar refractivity (Wildman–Crippen MR) is 130 cm³/mol. The smallest absolute Gasteiger partial charge is 0.548 e. The van der Waals surface area contributed by atoms with Crippen molar-refractivity contribution in [3.05, 3.63) is 95.6 Å². The molecule has 0 aliphatic rings. The molecule has 7 nitrogen and oxygen atoms in total. The van der Waals surface area contributed by atoms with Gasteiger partial charge in [0.05, 0.1) is 12.0 Å². The van der Waals surface area contributed by atoms with Gasteiger partial charge in [-0.05, 0) is 56.0 Å². The van der Waals surface area contributed by atoms with Crippen LogP contribution < -0.4 is 88.8 Å². The number of amides is 1. The Morgan fingerprint density at radius 3 is 1.83 bits per heavy atom. The average molecular weight is 609 g/mol. The monoisotopic (exact) mass is 609 g/mol. The van der Waals surface area contributed by atoms with E-state index in [9.17, 15) is 14.7 Å². The van der Waals surface area contributed by atoms with Crippen molar-refractivity contribution in [1.29, 1.82) is 0 Å². The van der Waals surface area contributed by atoms with Crippen LogP contribution in [0.5, 0.6) is 11.5 Å². The fraction of sp³-hybridized carbons (Fsp3) is 0.286. The summed E-state index contributed by atoms with van der Waals surface area (Å²) in [6, 6.07) is 23.3. The van der Waals surface area contributed by atoms with E-state index in [4.69, 9.17) is 14.2 Å². The third kappa shape index (κ3) is 10.6.